The number of nitrogens with one attached hydrogen (secondary N) is 2. The number of aromatic amines is 1. The van der Waals surface area contributed by atoms with Crippen molar-refractivity contribution in [2.45, 2.75) is 18.7 Å². The van der Waals surface area contributed by atoms with Crippen molar-refractivity contribution in [3.8, 4) is 0 Å². The normalized spacial score (nSPS) is 15.3. The van der Waals surface area contributed by atoms with Crippen LogP contribution in [0, 0.1) is 13.8 Å². The predicted octanol–water partition coefficient (Wildman–Crippen LogP) is 1.11. The number of anilines is 2. The van der Waals surface area contributed by atoms with Crippen LogP contribution in [0.15, 0.2) is 29.2 Å². The molecule has 1 aromatic heterocycles. The second-order valence-corrected chi connectivity index (χ2v) is 7.66. The van der Waals surface area contributed by atoms with Crippen molar-refractivity contribution in [1.29, 1.82) is 0 Å². The predicted molar refractivity (Wildman–Crippen MR) is 95.2 cm³/mol. The van der Waals surface area contributed by atoms with Crippen LogP contribution in [0.4, 0.5) is 11.4 Å². The lowest BCUT2D eigenvalue weighted by Gasteiger charge is -2.34. The number of rotatable bonds is 5. The molecule has 134 valence electrons. The minimum Gasteiger partial charge on any atom is -0.368 e. The zero-order valence-corrected chi connectivity index (χ0v) is 15.0. The Labute approximate surface area is 146 Å². The van der Waals surface area contributed by atoms with E-state index in [4.69, 9.17) is 0 Å². The summed E-state index contributed by atoms with van der Waals surface area (Å²) in [6.07, 6.45) is 0.870. The Kier molecular flexibility index (Phi) is 4.67. The summed E-state index contributed by atoms with van der Waals surface area (Å²) in [7, 11) is -3.68. The highest BCUT2D eigenvalue weighted by atomic mass is 32.2. The molecule has 0 aliphatic carbocycles. The van der Waals surface area contributed by atoms with Gasteiger partial charge in [0.1, 0.15) is 4.90 Å². The smallest absolute Gasteiger partial charge is 0.265 e. The van der Waals surface area contributed by atoms with E-state index >= 15 is 0 Å². The molecule has 2 aromatic rings. The Hall–Kier alpha value is -2.55. The number of aromatic nitrogens is 2. The van der Waals surface area contributed by atoms with Crippen LogP contribution in [0.3, 0.4) is 0 Å². The fourth-order valence-corrected chi connectivity index (χ4v) is 4.40. The number of H-pyrrole nitrogens is 1. The third-order valence-electron chi connectivity index (χ3n) is 4.28. The lowest BCUT2D eigenvalue weighted by molar-refractivity contribution is -0.118. The molecule has 3 rings (SSSR count). The van der Waals surface area contributed by atoms with Crippen molar-refractivity contribution >= 4 is 27.8 Å². The average Bonchev–Trinajstić information content (AvgIpc) is 2.95. The third kappa shape index (κ3) is 3.60. The van der Waals surface area contributed by atoms with Crippen LogP contribution in [-0.2, 0) is 14.8 Å². The Bertz CT molecular complexity index is 833. The Morgan fingerprint density at radius 2 is 1.76 bits per heavy atom. The number of benzene rings is 1. The number of hydrogen-bond donors (Lipinski definition) is 2. The van der Waals surface area contributed by atoms with Gasteiger partial charge in [-0.2, -0.15) is 5.10 Å². The van der Waals surface area contributed by atoms with Crippen molar-refractivity contribution in [1.82, 2.24) is 15.1 Å². The molecule has 1 aromatic carbocycles. The molecule has 0 unspecified atom stereocenters. The van der Waals surface area contributed by atoms with Crippen molar-refractivity contribution in [2.75, 3.05) is 35.8 Å². The maximum atomic E-state index is 12.5. The molecule has 2 heterocycles. The average molecular weight is 363 g/mol. The van der Waals surface area contributed by atoms with Crippen molar-refractivity contribution in [3.05, 3.63) is 35.7 Å². The number of aryl methyl sites for hydroxylation is 2. The van der Waals surface area contributed by atoms with E-state index in [-0.39, 0.29) is 4.90 Å². The van der Waals surface area contributed by atoms with E-state index in [1.165, 1.54) is 0 Å². The van der Waals surface area contributed by atoms with Gasteiger partial charge in [0.05, 0.1) is 11.4 Å². The highest BCUT2D eigenvalue weighted by molar-refractivity contribution is 7.92. The topological polar surface area (TPSA) is 98.4 Å². The zero-order chi connectivity index (χ0) is 18.0. The molecule has 9 heteroatoms. The van der Waals surface area contributed by atoms with E-state index in [1.54, 1.807) is 30.9 Å². The molecule has 0 atom stereocenters. The molecule has 0 bridgehead atoms. The van der Waals surface area contributed by atoms with Gasteiger partial charge in [-0.15, -0.1) is 0 Å². The number of hydrogen-bond acceptors (Lipinski definition) is 5. The fourth-order valence-electron chi connectivity index (χ4n) is 2.97. The minimum atomic E-state index is -3.68. The van der Waals surface area contributed by atoms with Crippen LogP contribution in [-0.4, -0.2) is 56.1 Å². The molecular weight excluding hydrogens is 342 g/mol. The lowest BCUT2D eigenvalue weighted by atomic mass is 10.2. The van der Waals surface area contributed by atoms with E-state index < -0.39 is 10.0 Å². The number of piperazine rings is 1. The first kappa shape index (κ1) is 17.3. The number of sulfonamides is 1. The van der Waals surface area contributed by atoms with E-state index in [9.17, 15) is 13.2 Å². The van der Waals surface area contributed by atoms with E-state index in [0.29, 0.717) is 30.2 Å². The Morgan fingerprint density at radius 1 is 1.12 bits per heavy atom. The first-order chi connectivity index (χ1) is 11.9. The van der Waals surface area contributed by atoms with Gasteiger partial charge < -0.3 is 9.80 Å². The number of carbonyl (C=O) groups excluding carboxylic acids is 1. The first-order valence-electron chi connectivity index (χ1n) is 7.99. The molecule has 1 aliphatic heterocycles. The summed E-state index contributed by atoms with van der Waals surface area (Å²) < 4.78 is 27.7. The standard InChI is InChI=1S/C16H21N5O3S/c1-12-16(13(2)18-17-12)25(23,24)19-14-3-5-15(6-4-14)21-9-7-20(11-22)8-10-21/h3-6,11,19H,7-10H2,1-2H3,(H,17,18). The van der Waals surface area contributed by atoms with Gasteiger partial charge in [-0.05, 0) is 38.1 Å². The van der Waals surface area contributed by atoms with Gasteiger partial charge in [0.25, 0.3) is 10.0 Å². The SMILES string of the molecule is Cc1n[nH]c(C)c1S(=O)(=O)Nc1ccc(N2CCN(C=O)CC2)cc1. The lowest BCUT2D eigenvalue weighted by Crippen LogP contribution is -2.45. The molecule has 0 radical (unpaired) electrons. The molecule has 8 nitrogen and oxygen atoms in total. The Morgan fingerprint density at radius 3 is 2.28 bits per heavy atom. The van der Waals surface area contributed by atoms with E-state index in [1.807, 2.05) is 12.1 Å². The monoisotopic (exact) mass is 363 g/mol. The molecule has 1 aliphatic rings. The largest absolute Gasteiger partial charge is 0.368 e. The van der Waals surface area contributed by atoms with Crippen LogP contribution >= 0.6 is 0 Å². The molecule has 0 saturated carbocycles. The van der Waals surface area contributed by atoms with Crippen LogP contribution in [0.5, 0.6) is 0 Å². The third-order valence-corrected chi connectivity index (χ3v) is 5.92. The number of amides is 1. The second kappa shape index (κ2) is 6.75. The van der Waals surface area contributed by atoms with Gasteiger partial charge in [-0.1, -0.05) is 0 Å². The van der Waals surface area contributed by atoms with Crippen LogP contribution in [0.1, 0.15) is 11.4 Å². The van der Waals surface area contributed by atoms with Crippen LogP contribution in [0.2, 0.25) is 0 Å². The quantitative estimate of drug-likeness (QED) is 0.776. The first-order valence-corrected chi connectivity index (χ1v) is 9.48. The highest BCUT2D eigenvalue weighted by Crippen LogP contribution is 2.23. The summed E-state index contributed by atoms with van der Waals surface area (Å²) in [5, 5.41) is 6.62. The molecule has 2 N–H and O–H groups in total. The maximum absolute atomic E-state index is 12.5. The summed E-state index contributed by atoms with van der Waals surface area (Å²) in [5.41, 5.74) is 2.45. The summed E-state index contributed by atoms with van der Waals surface area (Å²) >= 11 is 0. The summed E-state index contributed by atoms with van der Waals surface area (Å²) in [4.78, 5) is 14.9. The zero-order valence-electron chi connectivity index (χ0n) is 14.2. The van der Waals surface area contributed by atoms with Crippen LogP contribution in [0.25, 0.3) is 0 Å². The summed E-state index contributed by atoms with van der Waals surface area (Å²) in [6.45, 7) is 6.24. The molecule has 0 spiro atoms. The second-order valence-electron chi connectivity index (χ2n) is 6.04. The van der Waals surface area contributed by atoms with Gasteiger partial charge in [0, 0.05) is 37.6 Å². The Balaban J connectivity index is 1.72. The van der Waals surface area contributed by atoms with E-state index in [0.717, 1.165) is 25.2 Å². The molecular formula is C16H21N5O3S. The van der Waals surface area contributed by atoms with Gasteiger partial charge in [0.2, 0.25) is 6.41 Å². The summed E-state index contributed by atoms with van der Waals surface area (Å²) in [5.74, 6) is 0. The molecule has 25 heavy (non-hydrogen) atoms. The summed E-state index contributed by atoms with van der Waals surface area (Å²) in [6, 6.07) is 7.24. The maximum Gasteiger partial charge on any atom is 0.265 e. The highest BCUT2D eigenvalue weighted by Gasteiger charge is 2.22. The molecule has 1 amide bonds. The van der Waals surface area contributed by atoms with Crippen molar-refractivity contribution in [3.63, 3.8) is 0 Å². The van der Waals surface area contributed by atoms with Crippen LogP contribution < -0.4 is 9.62 Å². The van der Waals surface area contributed by atoms with Gasteiger partial charge in [-0.3, -0.25) is 14.6 Å². The van der Waals surface area contributed by atoms with Gasteiger partial charge in [0.15, 0.2) is 0 Å². The fraction of sp³-hybridized carbons (Fsp3) is 0.375. The number of carbonyl (C=O) groups is 1. The van der Waals surface area contributed by atoms with E-state index in [2.05, 4.69) is 19.8 Å². The van der Waals surface area contributed by atoms with Gasteiger partial charge >= 0.3 is 0 Å². The minimum absolute atomic E-state index is 0.182. The molecule has 1 saturated heterocycles. The van der Waals surface area contributed by atoms with Gasteiger partial charge in [-0.25, -0.2) is 8.42 Å². The van der Waals surface area contributed by atoms with Crippen molar-refractivity contribution in [2.24, 2.45) is 0 Å². The number of nitrogens with zero attached hydrogens (tertiary/aromatic N) is 3. The molecule has 1 fully saturated rings. The van der Waals surface area contributed by atoms with Crippen molar-refractivity contribution < 1.29 is 13.2 Å².